The number of benzene rings is 1. The summed E-state index contributed by atoms with van der Waals surface area (Å²) in [5, 5.41) is 0. The first-order chi connectivity index (χ1) is 7.38. The Balaban J connectivity index is 2.40. The van der Waals surface area contributed by atoms with Crippen LogP contribution in [0.4, 0.5) is 0 Å². The predicted molar refractivity (Wildman–Crippen MR) is 70.1 cm³/mol. The maximum absolute atomic E-state index is 5.81. The Hall–Kier alpha value is -0.980. The SMILES string of the molecule is Cc1ccc(C)c(OCCCC(C)(C)C)c1. The van der Waals surface area contributed by atoms with Crippen molar-refractivity contribution in [3.8, 4) is 5.75 Å². The smallest absolute Gasteiger partial charge is 0.122 e. The van der Waals surface area contributed by atoms with Crippen LogP contribution in [0.5, 0.6) is 5.75 Å². The first-order valence-electron chi connectivity index (χ1n) is 6.08. The van der Waals surface area contributed by atoms with E-state index < -0.39 is 0 Å². The van der Waals surface area contributed by atoms with Crippen LogP contribution in [0.25, 0.3) is 0 Å². The summed E-state index contributed by atoms with van der Waals surface area (Å²) in [5.41, 5.74) is 2.89. The Bertz CT molecular complexity index is 334. The van der Waals surface area contributed by atoms with Gasteiger partial charge in [0, 0.05) is 0 Å². The third-order valence-corrected chi connectivity index (χ3v) is 2.67. The largest absolute Gasteiger partial charge is 0.493 e. The predicted octanol–water partition coefficient (Wildman–Crippen LogP) is 4.51. The summed E-state index contributed by atoms with van der Waals surface area (Å²) in [6.07, 6.45) is 2.33. The monoisotopic (exact) mass is 220 g/mol. The van der Waals surface area contributed by atoms with E-state index in [1.807, 2.05) is 0 Å². The van der Waals surface area contributed by atoms with Crippen molar-refractivity contribution < 1.29 is 4.74 Å². The van der Waals surface area contributed by atoms with E-state index in [1.165, 1.54) is 17.5 Å². The van der Waals surface area contributed by atoms with Crippen LogP contribution in [0.15, 0.2) is 18.2 Å². The van der Waals surface area contributed by atoms with Gasteiger partial charge in [0.25, 0.3) is 0 Å². The molecular weight excluding hydrogens is 196 g/mol. The highest BCUT2D eigenvalue weighted by Crippen LogP contribution is 2.22. The van der Waals surface area contributed by atoms with E-state index in [0.29, 0.717) is 5.41 Å². The van der Waals surface area contributed by atoms with Gasteiger partial charge in [-0.25, -0.2) is 0 Å². The van der Waals surface area contributed by atoms with Gasteiger partial charge in [0.15, 0.2) is 0 Å². The van der Waals surface area contributed by atoms with Crippen molar-refractivity contribution >= 4 is 0 Å². The Kier molecular flexibility index (Phi) is 4.40. The molecule has 0 amide bonds. The van der Waals surface area contributed by atoms with Crippen LogP contribution in [0, 0.1) is 19.3 Å². The van der Waals surface area contributed by atoms with E-state index in [9.17, 15) is 0 Å². The van der Waals surface area contributed by atoms with E-state index >= 15 is 0 Å². The van der Waals surface area contributed by atoms with Gasteiger partial charge in [0.2, 0.25) is 0 Å². The van der Waals surface area contributed by atoms with Crippen molar-refractivity contribution in [2.75, 3.05) is 6.61 Å². The van der Waals surface area contributed by atoms with Crippen molar-refractivity contribution in [1.29, 1.82) is 0 Å². The molecule has 0 radical (unpaired) electrons. The van der Waals surface area contributed by atoms with Gasteiger partial charge >= 0.3 is 0 Å². The third-order valence-electron chi connectivity index (χ3n) is 2.67. The molecule has 0 N–H and O–H groups in total. The van der Waals surface area contributed by atoms with Gasteiger partial charge in [-0.3, -0.25) is 0 Å². The molecule has 0 saturated heterocycles. The summed E-state index contributed by atoms with van der Waals surface area (Å²) in [6.45, 7) is 11.8. The van der Waals surface area contributed by atoms with Crippen molar-refractivity contribution in [1.82, 2.24) is 0 Å². The van der Waals surface area contributed by atoms with Gasteiger partial charge < -0.3 is 4.74 Å². The van der Waals surface area contributed by atoms with Gasteiger partial charge in [-0.2, -0.15) is 0 Å². The normalized spacial score (nSPS) is 11.6. The van der Waals surface area contributed by atoms with Crippen molar-refractivity contribution in [2.45, 2.75) is 47.5 Å². The van der Waals surface area contributed by atoms with Gasteiger partial charge in [-0.1, -0.05) is 32.9 Å². The molecule has 0 spiro atoms. The molecule has 0 fully saturated rings. The second-order valence-electron chi connectivity index (χ2n) is 5.78. The minimum atomic E-state index is 0.408. The molecule has 16 heavy (non-hydrogen) atoms. The molecule has 0 saturated carbocycles. The molecular formula is C15H24O. The van der Waals surface area contributed by atoms with E-state index in [-0.39, 0.29) is 0 Å². The molecule has 1 aromatic carbocycles. The molecule has 0 aliphatic carbocycles. The molecule has 90 valence electrons. The third kappa shape index (κ3) is 4.69. The quantitative estimate of drug-likeness (QED) is 0.678. The summed E-state index contributed by atoms with van der Waals surface area (Å²) < 4.78 is 5.81. The average molecular weight is 220 g/mol. The molecule has 0 heterocycles. The van der Waals surface area contributed by atoms with Gasteiger partial charge in [-0.05, 0) is 49.3 Å². The lowest BCUT2D eigenvalue weighted by Gasteiger charge is -2.18. The summed E-state index contributed by atoms with van der Waals surface area (Å²) in [7, 11) is 0. The molecule has 0 atom stereocenters. The zero-order chi connectivity index (χ0) is 12.2. The fraction of sp³-hybridized carbons (Fsp3) is 0.600. The number of hydrogen-bond donors (Lipinski definition) is 0. The molecule has 0 aromatic heterocycles. The van der Waals surface area contributed by atoms with E-state index in [2.05, 4.69) is 52.8 Å². The topological polar surface area (TPSA) is 9.23 Å². The molecule has 1 nitrogen and oxygen atoms in total. The highest BCUT2D eigenvalue weighted by atomic mass is 16.5. The number of ether oxygens (including phenoxy) is 1. The van der Waals surface area contributed by atoms with Crippen LogP contribution in [-0.4, -0.2) is 6.61 Å². The summed E-state index contributed by atoms with van der Waals surface area (Å²) in [5.74, 6) is 1.04. The van der Waals surface area contributed by atoms with Gasteiger partial charge in [-0.15, -0.1) is 0 Å². The molecule has 0 unspecified atom stereocenters. The van der Waals surface area contributed by atoms with Crippen LogP contribution in [0.3, 0.4) is 0 Å². The summed E-state index contributed by atoms with van der Waals surface area (Å²) >= 11 is 0. The number of hydrogen-bond acceptors (Lipinski definition) is 1. The zero-order valence-corrected chi connectivity index (χ0v) is 11.3. The zero-order valence-electron chi connectivity index (χ0n) is 11.3. The number of rotatable bonds is 4. The highest BCUT2D eigenvalue weighted by molar-refractivity contribution is 5.35. The summed E-state index contributed by atoms with van der Waals surface area (Å²) in [6, 6.07) is 6.36. The fourth-order valence-electron chi connectivity index (χ4n) is 1.65. The van der Waals surface area contributed by atoms with E-state index in [4.69, 9.17) is 4.74 Å². The standard InChI is InChI=1S/C15H24O/c1-12-7-8-13(2)14(11-12)16-10-6-9-15(3,4)5/h7-8,11H,6,9-10H2,1-5H3. The molecule has 1 rings (SSSR count). The second-order valence-corrected chi connectivity index (χ2v) is 5.78. The van der Waals surface area contributed by atoms with Gasteiger partial charge in [0.1, 0.15) is 5.75 Å². The maximum Gasteiger partial charge on any atom is 0.122 e. The van der Waals surface area contributed by atoms with Crippen molar-refractivity contribution in [3.63, 3.8) is 0 Å². The first kappa shape index (κ1) is 13.1. The lowest BCUT2D eigenvalue weighted by Crippen LogP contribution is -2.08. The van der Waals surface area contributed by atoms with Crippen LogP contribution < -0.4 is 4.74 Å². The molecule has 1 aromatic rings. The molecule has 1 heteroatoms. The summed E-state index contributed by atoms with van der Waals surface area (Å²) in [4.78, 5) is 0. The Morgan fingerprint density at radius 1 is 1.12 bits per heavy atom. The minimum Gasteiger partial charge on any atom is -0.493 e. The van der Waals surface area contributed by atoms with Crippen molar-refractivity contribution in [2.24, 2.45) is 5.41 Å². The van der Waals surface area contributed by atoms with E-state index in [1.54, 1.807) is 0 Å². The maximum atomic E-state index is 5.81. The lowest BCUT2D eigenvalue weighted by molar-refractivity contribution is 0.268. The second kappa shape index (κ2) is 5.38. The van der Waals surface area contributed by atoms with E-state index in [0.717, 1.165) is 18.8 Å². The van der Waals surface area contributed by atoms with Crippen LogP contribution in [0.2, 0.25) is 0 Å². The minimum absolute atomic E-state index is 0.408. The lowest BCUT2D eigenvalue weighted by atomic mass is 9.91. The van der Waals surface area contributed by atoms with Crippen LogP contribution in [-0.2, 0) is 0 Å². The van der Waals surface area contributed by atoms with Crippen LogP contribution in [0.1, 0.15) is 44.7 Å². The molecule has 0 bridgehead atoms. The molecule has 0 aliphatic rings. The fourth-order valence-corrected chi connectivity index (χ4v) is 1.65. The van der Waals surface area contributed by atoms with Crippen molar-refractivity contribution in [3.05, 3.63) is 29.3 Å². The Morgan fingerprint density at radius 2 is 1.81 bits per heavy atom. The Labute approximate surface area is 99.8 Å². The highest BCUT2D eigenvalue weighted by Gasteiger charge is 2.09. The average Bonchev–Trinajstić information content (AvgIpc) is 2.16. The van der Waals surface area contributed by atoms with Crippen LogP contribution >= 0.6 is 0 Å². The first-order valence-corrected chi connectivity index (χ1v) is 6.08. The number of aryl methyl sites for hydroxylation is 2. The molecule has 0 aliphatic heterocycles. The van der Waals surface area contributed by atoms with Gasteiger partial charge in [0.05, 0.1) is 6.61 Å². The Morgan fingerprint density at radius 3 is 2.44 bits per heavy atom.